The Balaban J connectivity index is 0.00000156. The van der Waals surface area contributed by atoms with Gasteiger partial charge in [0.05, 0.1) is 11.2 Å². The van der Waals surface area contributed by atoms with Crippen molar-refractivity contribution in [1.82, 2.24) is 15.6 Å². The number of rotatable bonds is 6. The second-order valence-electron chi connectivity index (χ2n) is 5.57. The standard InChI is InChI=1S/C16H17Cl2N3O2.2ClH/c17-11-1-2-12(13(18)5-11)14-9-21-16(23-14)4-3-15(22)20-8-10-6-19-7-10;;/h1-2,5,9-10,19H,3-4,6-8H2,(H,20,22);2*1H. The second-order valence-corrected chi connectivity index (χ2v) is 6.41. The van der Waals surface area contributed by atoms with E-state index in [2.05, 4.69) is 15.6 Å². The molecular weight excluding hydrogens is 408 g/mol. The lowest BCUT2D eigenvalue weighted by Crippen LogP contribution is -2.48. The van der Waals surface area contributed by atoms with E-state index < -0.39 is 0 Å². The Morgan fingerprint density at radius 3 is 2.72 bits per heavy atom. The predicted molar refractivity (Wildman–Crippen MR) is 104 cm³/mol. The van der Waals surface area contributed by atoms with Gasteiger partial charge in [0.15, 0.2) is 11.7 Å². The molecule has 2 aromatic rings. The molecule has 1 aliphatic heterocycles. The molecule has 0 aliphatic carbocycles. The van der Waals surface area contributed by atoms with Crippen molar-refractivity contribution in [2.45, 2.75) is 12.8 Å². The zero-order valence-electron chi connectivity index (χ0n) is 13.3. The Hall–Kier alpha value is -0.980. The fourth-order valence-corrected chi connectivity index (χ4v) is 2.80. The number of hydrogen-bond acceptors (Lipinski definition) is 4. The molecule has 5 nitrogen and oxygen atoms in total. The molecule has 138 valence electrons. The highest BCUT2D eigenvalue weighted by atomic mass is 35.5. The highest BCUT2D eigenvalue weighted by Crippen LogP contribution is 2.30. The van der Waals surface area contributed by atoms with Crippen molar-refractivity contribution < 1.29 is 9.21 Å². The summed E-state index contributed by atoms with van der Waals surface area (Å²) in [5.41, 5.74) is 0.733. The zero-order valence-corrected chi connectivity index (χ0v) is 16.4. The van der Waals surface area contributed by atoms with Crippen LogP contribution in [0.4, 0.5) is 0 Å². The largest absolute Gasteiger partial charge is 0.441 e. The molecule has 2 heterocycles. The van der Waals surface area contributed by atoms with Gasteiger partial charge in [-0.15, -0.1) is 24.8 Å². The molecule has 1 aliphatic rings. The van der Waals surface area contributed by atoms with Crippen molar-refractivity contribution in [3.05, 3.63) is 40.3 Å². The van der Waals surface area contributed by atoms with Crippen molar-refractivity contribution in [3.63, 3.8) is 0 Å². The van der Waals surface area contributed by atoms with E-state index in [1.54, 1.807) is 24.4 Å². The van der Waals surface area contributed by atoms with Gasteiger partial charge in [0, 0.05) is 49.0 Å². The fourth-order valence-electron chi connectivity index (χ4n) is 2.30. The minimum atomic E-state index is 0. The summed E-state index contributed by atoms with van der Waals surface area (Å²) in [6.45, 7) is 2.68. The number of nitrogens with zero attached hydrogens (tertiary/aromatic N) is 1. The molecule has 1 fully saturated rings. The van der Waals surface area contributed by atoms with Crippen LogP contribution in [0.1, 0.15) is 12.3 Å². The van der Waals surface area contributed by atoms with E-state index in [0.717, 1.165) is 25.2 Å². The normalized spacial score (nSPS) is 13.4. The average molecular weight is 427 g/mol. The van der Waals surface area contributed by atoms with Crippen molar-refractivity contribution in [1.29, 1.82) is 0 Å². The first-order valence-electron chi connectivity index (χ1n) is 7.49. The molecule has 0 saturated carbocycles. The topological polar surface area (TPSA) is 67.2 Å². The van der Waals surface area contributed by atoms with Gasteiger partial charge in [-0.05, 0) is 18.2 Å². The van der Waals surface area contributed by atoms with Crippen molar-refractivity contribution in [2.75, 3.05) is 19.6 Å². The number of hydrogen-bond donors (Lipinski definition) is 2. The summed E-state index contributed by atoms with van der Waals surface area (Å²) >= 11 is 12.0. The number of halogens is 4. The molecule has 0 bridgehead atoms. The number of benzene rings is 1. The lowest BCUT2D eigenvalue weighted by atomic mass is 10.0. The summed E-state index contributed by atoms with van der Waals surface area (Å²) in [5, 5.41) is 7.17. The molecule has 0 spiro atoms. The number of oxazole rings is 1. The fraction of sp³-hybridized carbons (Fsp3) is 0.375. The summed E-state index contributed by atoms with van der Waals surface area (Å²) in [6.07, 6.45) is 2.43. The van der Waals surface area contributed by atoms with Crippen LogP contribution >= 0.6 is 48.0 Å². The zero-order chi connectivity index (χ0) is 16.2. The van der Waals surface area contributed by atoms with E-state index in [1.165, 1.54) is 0 Å². The molecule has 1 aromatic heterocycles. The van der Waals surface area contributed by atoms with Crippen LogP contribution in [0.15, 0.2) is 28.8 Å². The van der Waals surface area contributed by atoms with Crippen molar-refractivity contribution in [3.8, 4) is 11.3 Å². The van der Waals surface area contributed by atoms with Gasteiger partial charge in [-0.2, -0.15) is 0 Å². The number of carbonyl (C=O) groups is 1. The number of aromatic nitrogens is 1. The second kappa shape index (κ2) is 10.2. The molecular formula is C16H19Cl4N3O2. The number of nitrogens with one attached hydrogen (secondary N) is 2. The minimum absolute atomic E-state index is 0. The summed E-state index contributed by atoms with van der Waals surface area (Å²) in [6, 6.07) is 5.19. The van der Waals surface area contributed by atoms with Gasteiger partial charge < -0.3 is 15.1 Å². The minimum Gasteiger partial charge on any atom is -0.441 e. The van der Waals surface area contributed by atoms with Gasteiger partial charge in [0.25, 0.3) is 0 Å². The van der Waals surface area contributed by atoms with Crippen LogP contribution < -0.4 is 10.6 Å². The maximum absolute atomic E-state index is 11.8. The number of amides is 1. The van der Waals surface area contributed by atoms with Gasteiger partial charge in [-0.1, -0.05) is 23.2 Å². The summed E-state index contributed by atoms with van der Waals surface area (Å²) in [4.78, 5) is 16.0. The molecule has 1 saturated heterocycles. The van der Waals surface area contributed by atoms with Crippen LogP contribution in [0.25, 0.3) is 11.3 Å². The first-order chi connectivity index (χ1) is 11.1. The van der Waals surface area contributed by atoms with E-state index in [1.807, 2.05) is 0 Å². The first-order valence-corrected chi connectivity index (χ1v) is 8.25. The Labute approximate surface area is 168 Å². The molecule has 0 unspecified atom stereocenters. The smallest absolute Gasteiger partial charge is 0.220 e. The molecule has 0 atom stereocenters. The highest BCUT2D eigenvalue weighted by molar-refractivity contribution is 6.36. The monoisotopic (exact) mass is 425 g/mol. The molecule has 1 amide bonds. The van der Waals surface area contributed by atoms with Gasteiger partial charge in [0.2, 0.25) is 5.91 Å². The maximum Gasteiger partial charge on any atom is 0.220 e. The van der Waals surface area contributed by atoms with Crippen LogP contribution in [0.2, 0.25) is 10.0 Å². The third kappa shape index (κ3) is 6.04. The number of aryl methyl sites for hydroxylation is 1. The van der Waals surface area contributed by atoms with Crippen LogP contribution in [-0.4, -0.2) is 30.5 Å². The molecule has 2 N–H and O–H groups in total. The van der Waals surface area contributed by atoms with Gasteiger partial charge in [-0.25, -0.2) is 4.98 Å². The summed E-state index contributed by atoms with van der Waals surface area (Å²) in [5.74, 6) is 1.66. The summed E-state index contributed by atoms with van der Waals surface area (Å²) in [7, 11) is 0. The van der Waals surface area contributed by atoms with Gasteiger partial charge in [-0.3, -0.25) is 4.79 Å². The molecule has 1 aromatic carbocycles. The van der Waals surface area contributed by atoms with Crippen LogP contribution in [0, 0.1) is 5.92 Å². The Bertz CT molecular complexity index is 704. The summed E-state index contributed by atoms with van der Waals surface area (Å²) < 4.78 is 5.67. The third-order valence-electron chi connectivity index (χ3n) is 3.77. The molecule has 0 radical (unpaired) electrons. The van der Waals surface area contributed by atoms with E-state index in [0.29, 0.717) is 40.5 Å². The van der Waals surface area contributed by atoms with E-state index >= 15 is 0 Å². The van der Waals surface area contributed by atoms with Gasteiger partial charge in [0.1, 0.15) is 0 Å². The first kappa shape index (κ1) is 22.1. The molecule has 9 heteroatoms. The molecule has 25 heavy (non-hydrogen) atoms. The maximum atomic E-state index is 11.8. The average Bonchev–Trinajstić information content (AvgIpc) is 2.92. The Kier molecular flexibility index (Phi) is 9.03. The van der Waals surface area contributed by atoms with Crippen LogP contribution in [-0.2, 0) is 11.2 Å². The predicted octanol–water partition coefficient (Wildman–Crippen LogP) is 3.76. The molecule has 3 rings (SSSR count). The van der Waals surface area contributed by atoms with E-state index in [4.69, 9.17) is 27.6 Å². The van der Waals surface area contributed by atoms with E-state index in [9.17, 15) is 4.79 Å². The van der Waals surface area contributed by atoms with Gasteiger partial charge >= 0.3 is 0 Å². The lowest BCUT2D eigenvalue weighted by molar-refractivity contribution is -0.121. The SMILES string of the molecule is Cl.Cl.O=C(CCc1ncc(-c2ccc(Cl)cc2Cl)o1)NCC1CNC1. The third-order valence-corrected chi connectivity index (χ3v) is 4.32. The lowest BCUT2D eigenvalue weighted by Gasteiger charge is -2.27. The highest BCUT2D eigenvalue weighted by Gasteiger charge is 2.17. The van der Waals surface area contributed by atoms with Crippen molar-refractivity contribution >= 4 is 53.9 Å². The van der Waals surface area contributed by atoms with Crippen LogP contribution in [0.3, 0.4) is 0 Å². The van der Waals surface area contributed by atoms with E-state index in [-0.39, 0.29) is 30.7 Å². The number of carbonyl (C=O) groups excluding carboxylic acids is 1. The van der Waals surface area contributed by atoms with Crippen LogP contribution in [0.5, 0.6) is 0 Å². The van der Waals surface area contributed by atoms with Crippen molar-refractivity contribution in [2.24, 2.45) is 5.92 Å². The Morgan fingerprint density at radius 1 is 1.32 bits per heavy atom. The quantitative estimate of drug-likeness (QED) is 0.737. The Morgan fingerprint density at radius 2 is 2.08 bits per heavy atom.